The van der Waals surface area contributed by atoms with Crippen molar-refractivity contribution in [2.45, 2.75) is 34.9 Å². The smallest absolute Gasteiger partial charge is 0.207 e. The molecule has 0 spiro atoms. The van der Waals surface area contributed by atoms with Crippen LogP contribution in [0.3, 0.4) is 0 Å². The van der Waals surface area contributed by atoms with Crippen LogP contribution in [0.1, 0.15) is 24.8 Å². The highest BCUT2D eigenvalue weighted by atomic mass is 35.5. The van der Waals surface area contributed by atoms with Crippen LogP contribution in [0.15, 0.2) is 45.5 Å². The summed E-state index contributed by atoms with van der Waals surface area (Å²) in [6.07, 6.45) is 2.71. The third-order valence-corrected chi connectivity index (χ3v) is 9.29. The molecule has 1 aromatic heterocycles. The van der Waals surface area contributed by atoms with Gasteiger partial charge >= 0.3 is 0 Å². The lowest BCUT2D eigenvalue weighted by atomic mass is 10.2. The van der Waals surface area contributed by atoms with Crippen LogP contribution < -0.4 is 4.72 Å². The Morgan fingerprint density at radius 2 is 1.69 bits per heavy atom. The summed E-state index contributed by atoms with van der Waals surface area (Å²) in [5.74, 6) is 0. The van der Waals surface area contributed by atoms with E-state index in [1.54, 1.807) is 18.2 Å². The standard InChI is InChI=1S/C16H19ClN2O4S3/c17-15-8-9-16(24-15)25(20,21)18-12-13-6-2-3-7-14(13)26(22,23)19-10-4-1-5-11-19/h2-3,6-9,18H,1,4-5,10-12H2. The monoisotopic (exact) mass is 434 g/mol. The molecule has 1 aliphatic rings. The first-order valence-electron chi connectivity index (χ1n) is 8.14. The van der Waals surface area contributed by atoms with Crippen LogP contribution in [0.4, 0.5) is 0 Å². The van der Waals surface area contributed by atoms with Gasteiger partial charge in [-0.3, -0.25) is 0 Å². The number of rotatable bonds is 6. The molecule has 0 radical (unpaired) electrons. The molecule has 2 aromatic rings. The maximum absolute atomic E-state index is 12.9. The summed E-state index contributed by atoms with van der Waals surface area (Å²) in [6, 6.07) is 9.42. The number of sulfonamides is 2. The van der Waals surface area contributed by atoms with Crippen molar-refractivity contribution in [2.24, 2.45) is 0 Å². The Labute approximate surface area is 162 Å². The molecule has 0 atom stereocenters. The second kappa shape index (κ2) is 7.95. The third-order valence-electron chi connectivity index (χ3n) is 4.17. The van der Waals surface area contributed by atoms with Gasteiger partial charge in [0.05, 0.1) is 9.23 Å². The molecule has 0 amide bonds. The molecule has 1 aliphatic heterocycles. The molecule has 0 saturated carbocycles. The molecule has 0 unspecified atom stereocenters. The van der Waals surface area contributed by atoms with E-state index < -0.39 is 20.0 Å². The highest BCUT2D eigenvalue weighted by Crippen LogP contribution is 2.27. The van der Waals surface area contributed by atoms with Crippen molar-refractivity contribution in [3.8, 4) is 0 Å². The molecule has 1 N–H and O–H groups in total. The maximum Gasteiger partial charge on any atom is 0.250 e. The van der Waals surface area contributed by atoms with Crippen LogP contribution in [-0.2, 0) is 26.6 Å². The fraction of sp³-hybridized carbons (Fsp3) is 0.375. The van der Waals surface area contributed by atoms with Gasteiger partial charge in [0.2, 0.25) is 20.0 Å². The fourth-order valence-corrected chi connectivity index (χ4v) is 7.10. The summed E-state index contributed by atoms with van der Waals surface area (Å²) in [7, 11) is -7.39. The lowest BCUT2D eigenvalue weighted by Crippen LogP contribution is -2.36. The van der Waals surface area contributed by atoms with Crippen molar-refractivity contribution in [1.29, 1.82) is 0 Å². The fourth-order valence-electron chi connectivity index (χ4n) is 2.83. The highest BCUT2D eigenvalue weighted by molar-refractivity contribution is 7.91. The number of thiophene rings is 1. The molecule has 3 rings (SSSR count). The molecule has 0 aliphatic carbocycles. The van der Waals surface area contributed by atoms with Crippen molar-refractivity contribution >= 4 is 43.0 Å². The normalized spacial score (nSPS) is 16.7. The molecule has 1 fully saturated rings. The zero-order valence-corrected chi connectivity index (χ0v) is 17.1. The first-order valence-corrected chi connectivity index (χ1v) is 12.3. The van der Waals surface area contributed by atoms with Gasteiger partial charge in [-0.05, 0) is 36.6 Å². The molecular formula is C16H19ClN2O4S3. The van der Waals surface area contributed by atoms with E-state index in [9.17, 15) is 16.8 Å². The second-order valence-electron chi connectivity index (χ2n) is 5.96. The summed E-state index contributed by atoms with van der Waals surface area (Å²) in [6.45, 7) is 0.882. The minimum atomic E-state index is -3.75. The van der Waals surface area contributed by atoms with Crippen LogP contribution in [0, 0.1) is 0 Å². The minimum Gasteiger partial charge on any atom is -0.207 e. The first kappa shape index (κ1) is 19.8. The van der Waals surface area contributed by atoms with E-state index in [0.717, 1.165) is 30.6 Å². The van der Waals surface area contributed by atoms with E-state index in [0.29, 0.717) is 23.0 Å². The van der Waals surface area contributed by atoms with Crippen molar-refractivity contribution in [3.63, 3.8) is 0 Å². The number of benzene rings is 1. The summed E-state index contributed by atoms with van der Waals surface area (Å²) >= 11 is 6.75. The molecule has 6 nitrogen and oxygen atoms in total. The summed E-state index contributed by atoms with van der Waals surface area (Å²) in [4.78, 5) is 0.147. The SMILES string of the molecule is O=S(=O)(NCc1ccccc1S(=O)(=O)N1CCCCC1)c1ccc(Cl)s1. The Morgan fingerprint density at radius 1 is 1.00 bits per heavy atom. The van der Waals surface area contributed by atoms with Crippen LogP contribution in [0.5, 0.6) is 0 Å². The first-order chi connectivity index (χ1) is 12.3. The summed E-state index contributed by atoms with van der Waals surface area (Å²) in [5.41, 5.74) is 0.421. The Bertz CT molecular complexity index is 980. The van der Waals surface area contributed by atoms with Gasteiger partial charge in [-0.1, -0.05) is 36.2 Å². The molecule has 142 valence electrons. The van der Waals surface area contributed by atoms with Crippen LogP contribution >= 0.6 is 22.9 Å². The number of halogens is 1. The molecule has 0 bridgehead atoms. The summed E-state index contributed by atoms with van der Waals surface area (Å²) < 4.78 is 55.0. The lowest BCUT2D eigenvalue weighted by molar-refractivity contribution is 0.346. The number of hydrogen-bond acceptors (Lipinski definition) is 5. The Kier molecular flexibility index (Phi) is 6.05. The van der Waals surface area contributed by atoms with E-state index in [1.807, 2.05) is 0 Å². The predicted octanol–water partition coefficient (Wildman–Crippen LogP) is 3.05. The van der Waals surface area contributed by atoms with Gasteiger partial charge in [0.1, 0.15) is 4.21 Å². The van der Waals surface area contributed by atoms with E-state index in [-0.39, 0.29) is 15.6 Å². The molecule has 26 heavy (non-hydrogen) atoms. The van der Waals surface area contributed by atoms with Gasteiger partial charge in [0, 0.05) is 19.6 Å². The number of hydrogen-bond donors (Lipinski definition) is 1. The van der Waals surface area contributed by atoms with Gasteiger partial charge in [0.15, 0.2) is 0 Å². The number of nitrogens with one attached hydrogen (secondary N) is 1. The number of nitrogens with zero attached hydrogens (tertiary/aromatic N) is 1. The molecule has 2 heterocycles. The van der Waals surface area contributed by atoms with Crippen molar-refractivity contribution in [1.82, 2.24) is 9.03 Å². The molecule has 10 heteroatoms. The second-order valence-corrected chi connectivity index (χ2v) is 11.6. The third kappa shape index (κ3) is 4.29. The quantitative estimate of drug-likeness (QED) is 0.757. The van der Waals surface area contributed by atoms with Gasteiger partial charge in [-0.2, -0.15) is 4.31 Å². The van der Waals surface area contributed by atoms with E-state index in [1.165, 1.54) is 22.5 Å². The largest absolute Gasteiger partial charge is 0.250 e. The van der Waals surface area contributed by atoms with Gasteiger partial charge in [-0.25, -0.2) is 21.6 Å². The zero-order valence-electron chi connectivity index (χ0n) is 13.9. The highest BCUT2D eigenvalue weighted by Gasteiger charge is 2.28. The Balaban J connectivity index is 1.83. The summed E-state index contributed by atoms with van der Waals surface area (Å²) in [5, 5.41) is 0. The van der Waals surface area contributed by atoms with Crippen molar-refractivity contribution < 1.29 is 16.8 Å². The van der Waals surface area contributed by atoms with E-state index in [4.69, 9.17) is 11.6 Å². The lowest BCUT2D eigenvalue weighted by Gasteiger charge is -2.26. The zero-order chi connectivity index (χ0) is 18.8. The predicted molar refractivity (Wildman–Crippen MR) is 102 cm³/mol. The Morgan fingerprint density at radius 3 is 2.35 bits per heavy atom. The average Bonchev–Trinajstić information content (AvgIpc) is 3.08. The number of piperidine rings is 1. The molecular weight excluding hydrogens is 416 g/mol. The molecule has 1 aromatic carbocycles. The minimum absolute atomic E-state index is 0.0962. The van der Waals surface area contributed by atoms with Gasteiger partial charge in [-0.15, -0.1) is 11.3 Å². The maximum atomic E-state index is 12.9. The van der Waals surface area contributed by atoms with E-state index >= 15 is 0 Å². The van der Waals surface area contributed by atoms with Gasteiger partial charge in [0.25, 0.3) is 0 Å². The average molecular weight is 435 g/mol. The van der Waals surface area contributed by atoms with Crippen molar-refractivity contribution in [3.05, 3.63) is 46.3 Å². The molecule has 1 saturated heterocycles. The topological polar surface area (TPSA) is 83.5 Å². The van der Waals surface area contributed by atoms with Crippen LogP contribution in [0.25, 0.3) is 0 Å². The van der Waals surface area contributed by atoms with Crippen LogP contribution in [-0.4, -0.2) is 34.2 Å². The van der Waals surface area contributed by atoms with Crippen molar-refractivity contribution in [2.75, 3.05) is 13.1 Å². The van der Waals surface area contributed by atoms with E-state index in [2.05, 4.69) is 4.72 Å². The van der Waals surface area contributed by atoms with Crippen LogP contribution in [0.2, 0.25) is 4.34 Å². The van der Waals surface area contributed by atoms with Gasteiger partial charge < -0.3 is 0 Å². The Hall–Kier alpha value is -0.970.